The Hall–Kier alpha value is -1.62. The minimum absolute atomic E-state index is 0.208. The van der Waals surface area contributed by atoms with Crippen molar-refractivity contribution in [3.05, 3.63) is 33.7 Å². The fraction of sp³-hybridized carbons (Fsp3) is 0.571. The third kappa shape index (κ3) is 3.44. The third-order valence-corrected chi connectivity index (χ3v) is 3.58. The highest BCUT2D eigenvalue weighted by molar-refractivity contribution is 5.93. The molecule has 1 saturated heterocycles. The van der Waals surface area contributed by atoms with Crippen molar-refractivity contribution < 1.29 is 4.79 Å². The molecule has 0 radical (unpaired) electrons. The second-order valence-electron chi connectivity index (χ2n) is 5.17. The average molecular weight is 263 g/mol. The highest BCUT2D eigenvalue weighted by atomic mass is 16.2. The van der Waals surface area contributed by atoms with Gasteiger partial charge in [0.1, 0.15) is 5.56 Å². The molecule has 0 saturated carbocycles. The maximum Gasteiger partial charge on any atom is 0.259 e. The summed E-state index contributed by atoms with van der Waals surface area (Å²) >= 11 is 0. The highest BCUT2D eigenvalue weighted by Gasteiger charge is 2.17. The SMILES string of the molecule is Cc1cc(=O)c(C(=O)N(C)CCN2CCCC2)c[nH]1. The first-order valence-corrected chi connectivity index (χ1v) is 6.75. The Morgan fingerprint density at radius 3 is 2.74 bits per heavy atom. The summed E-state index contributed by atoms with van der Waals surface area (Å²) in [5.41, 5.74) is 0.769. The molecule has 5 heteroatoms. The van der Waals surface area contributed by atoms with E-state index in [1.807, 2.05) is 0 Å². The van der Waals surface area contributed by atoms with Crippen LogP contribution in [0.25, 0.3) is 0 Å². The zero-order valence-electron chi connectivity index (χ0n) is 11.6. The number of amides is 1. The molecule has 2 rings (SSSR count). The summed E-state index contributed by atoms with van der Waals surface area (Å²) in [4.78, 5) is 30.8. The molecule has 1 aliphatic rings. The van der Waals surface area contributed by atoms with Gasteiger partial charge in [-0.2, -0.15) is 0 Å². The van der Waals surface area contributed by atoms with Gasteiger partial charge in [-0.15, -0.1) is 0 Å². The van der Waals surface area contributed by atoms with Crippen molar-refractivity contribution in [3.63, 3.8) is 0 Å². The molecular formula is C14H21N3O2. The lowest BCUT2D eigenvalue weighted by molar-refractivity contribution is 0.0780. The van der Waals surface area contributed by atoms with Crippen molar-refractivity contribution in [2.24, 2.45) is 0 Å². The number of aryl methyl sites for hydroxylation is 1. The van der Waals surface area contributed by atoms with Crippen LogP contribution in [0.1, 0.15) is 28.9 Å². The number of nitrogens with zero attached hydrogens (tertiary/aromatic N) is 2. The van der Waals surface area contributed by atoms with Crippen molar-refractivity contribution in [1.82, 2.24) is 14.8 Å². The van der Waals surface area contributed by atoms with Crippen molar-refractivity contribution >= 4 is 5.91 Å². The number of carbonyl (C=O) groups excluding carboxylic acids is 1. The highest BCUT2D eigenvalue weighted by Crippen LogP contribution is 2.07. The van der Waals surface area contributed by atoms with E-state index in [-0.39, 0.29) is 16.9 Å². The molecule has 104 valence electrons. The Morgan fingerprint density at radius 2 is 2.11 bits per heavy atom. The maximum atomic E-state index is 12.2. The number of hydrogen-bond acceptors (Lipinski definition) is 3. The van der Waals surface area contributed by atoms with Gasteiger partial charge < -0.3 is 14.8 Å². The van der Waals surface area contributed by atoms with Crippen LogP contribution in [0.3, 0.4) is 0 Å². The Bertz CT molecular complexity index is 504. The number of H-pyrrole nitrogens is 1. The maximum absolute atomic E-state index is 12.2. The van der Waals surface area contributed by atoms with E-state index < -0.39 is 0 Å². The zero-order chi connectivity index (χ0) is 13.8. The van der Waals surface area contributed by atoms with Gasteiger partial charge in [0.05, 0.1) is 0 Å². The monoisotopic (exact) mass is 263 g/mol. The molecule has 0 aliphatic carbocycles. The zero-order valence-corrected chi connectivity index (χ0v) is 11.6. The molecule has 1 aromatic rings. The molecule has 1 aliphatic heterocycles. The fourth-order valence-electron chi connectivity index (χ4n) is 2.35. The molecule has 5 nitrogen and oxygen atoms in total. The lowest BCUT2D eigenvalue weighted by Gasteiger charge is -2.21. The van der Waals surface area contributed by atoms with Crippen molar-refractivity contribution in [3.8, 4) is 0 Å². The van der Waals surface area contributed by atoms with E-state index in [1.54, 1.807) is 18.9 Å². The Labute approximate surface area is 113 Å². The van der Waals surface area contributed by atoms with Crippen LogP contribution in [0.15, 0.2) is 17.1 Å². The van der Waals surface area contributed by atoms with E-state index in [0.717, 1.165) is 25.3 Å². The van der Waals surface area contributed by atoms with Crippen molar-refractivity contribution in [1.29, 1.82) is 0 Å². The van der Waals surface area contributed by atoms with Gasteiger partial charge >= 0.3 is 0 Å². The number of rotatable bonds is 4. The summed E-state index contributed by atoms with van der Waals surface area (Å²) in [6.45, 7) is 5.57. The Balaban J connectivity index is 1.96. The summed E-state index contributed by atoms with van der Waals surface area (Å²) < 4.78 is 0. The van der Waals surface area contributed by atoms with Crippen LogP contribution < -0.4 is 5.43 Å². The number of nitrogens with one attached hydrogen (secondary N) is 1. The molecule has 0 atom stereocenters. The standard InChI is InChI=1S/C14H21N3O2/c1-11-9-13(18)12(10-15-11)14(19)16(2)7-8-17-5-3-4-6-17/h9-10H,3-8H2,1-2H3,(H,15,18). The van der Waals surface area contributed by atoms with Crippen LogP contribution in [-0.4, -0.2) is 53.9 Å². The average Bonchev–Trinajstić information content (AvgIpc) is 2.88. The second-order valence-corrected chi connectivity index (χ2v) is 5.17. The molecule has 0 aromatic carbocycles. The first-order valence-electron chi connectivity index (χ1n) is 6.75. The molecule has 0 bridgehead atoms. The van der Waals surface area contributed by atoms with E-state index in [1.165, 1.54) is 25.1 Å². The van der Waals surface area contributed by atoms with Gasteiger partial charge in [-0.3, -0.25) is 9.59 Å². The third-order valence-electron chi connectivity index (χ3n) is 3.58. The summed E-state index contributed by atoms with van der Waals surface area (Å²) in [5.74, 6) is -0.208. The minimum atomic E-state index is -0.214. The minimum Gasteiger partial charge on any atom is -0.364 e. The predicted octanol–water partition coefficient (Wildman–Crippen LogP) is 0.851. The topological polar surface area (TPSA) is 56.4 Å². The van der Waals surface area contributed by atoms with E-state index in [9.17, 15) is 9.59 Å². The van der Waals surface area contributed by atoms with E-state index in [4.69, 9.17) is 0 Å². The van der Waals surface area contributed by atoms with Gasteiger partial charge in [0.15, 0.2) is 5.43 Å². The van der Waals surface area contributed by atoms with Crippen LogP contribution in [0, 0.1) is 6.92 Å². The van der Waals surface area contributed by atoms with Gasteiger partial charge in [-0.1, -0.05) is 0 Å². The van der Waals surface area contributed by atoms with Crippen LogP contribution in [0.4, 0.5) is 0 Å². The molecular weight excluding hydrogens is 242 g/mol. The fourth-order valence-corrected chi connectivity index (χ4v) is 2.35. The lowest BCUT2D eigenvalue weighted by atomic mass is 10.2. The van der Waals surface area contributed by atoms with Gasteiger partial charge in [0.25, 0.3) is 5.91 Å². The molecule has 1 amide bonds. The summed E-state index contributed by atoms with van der Waals surface area (Å²) in [5, 5.41) is 0. The van der Waals surface area contributed by atoms with E-state index in [0.29, 0.717) is 6.54 Å². The summed E-state index contributed by atoms with van der Waals surface area (Å²) in [7, 11) is 1.75. The summed E-state index contributed by atoms with van der Waals surface area (Å²) in [6.07, 6.45) is 4.00. The molecule has 2 heterocycles. The number of likely N-dealkylation sites (tertiary alicyclic amines) is 1. The number of hydrogen-bond donors (Lipinski definition) is 1. The van der Waals surface area contributed by atoms with Gasteiger partial charge in [-0.05, 0) is 32.9 Å². The number of aromatic amines is 1. The molecule has 1 aromatic heterocycles. The normalized spacial score (nSPS) is 15.7. The second kappa shape index (κ2) is 6.02. The number of aromatic nitrogens is 1. The van der Waals surface area contributed by atoms with Crippen LogP contribution in [0.5, 0.6) is 0 Å². The quantitative estimate of drug-likeness (QED) is 0.876. The van der Waals surface area contributed by atoms with E-state index in [2.05, 4.69) is 9.88 Å². The molecule has 0 spiro atoms. The first kappa shape index (κ1) is 13.8. The van der Waals surface area contributed by atoms with E-state index >= 15 is 0 Å². The van der Waals surface area contributed by atoms with Gasteiger partial charge in [0.2, 0.25) is 0 Å². The van der Waals surface area contributed by atoms with Crippen LogP contribution in [0.2, 0.25) is 0 Å². The largest absolute Gasteiger partial charge is 0.364 e. The predicted molar refractivity (Wildman–Crippen MR) is 74.4 cm³/mol. The lowest BCUT2D eigenvalue weighted by Crippen LogP contribution is -2.37. The van der Waals surface area contributed by atoms with Crippen molar-refractivity contribution in [2.75, 3.05) is 33.2 Å². The van der Waals surface area contributed by atoms with Gasteiger partial charge in [0, 0.05) is 38.1 Å². The summed E-state index contributed by atoms with van der Waals surface area (Å²) in [6, 6.07) is 1.46. The number of pyridine rings is 1. The Kier molecular flexibility index (Phi) is 4.37. The number of carbonyl (C=O) groups is 1. The molecule has 1 fully saturated rings. The Morgan fingerprint density at radius 1 is 1.42 bits per heavy atom. The molecule has 19 heavy (non-hydrogen) atoms. The first-order chi connectivity index (χ1) is 9.08. The smallest absolute Gasteiger partial charge is 0.259 e. The molecule has 0 unspecified atom stereocenters. The number of likely N-dealkylation sites (N-methyl/N-ethyl adjacent to an activating group) is 1. The van der Waals surface area contributed by atoms with Crippen LogP contribution >= 0.6 is 0 Å². The van der Waals surface area contributed by atoms with Crippen molar-refractivity contribution in [2.45, 2.75) is 19.8 Å². The molecule has 1 N–H and O–H groups in total. The van der Waals surface area contributed by atoms with Crippen LogP contribution in [-0.2, 0) is 0 Å². The van der Waals surface area contributed by atoms with Gasteiger partial charge in [-0.25, -0.2) is 0 Å².